The fourth-order valence-corrected chi connectivity index (χ4v) is 1.66. The van der Waals surface area contributed by atoms with Crippen LogP contribution in [-0.2, 0) is 16.5 Å². The number of rotatable bonds is 7. The minimum atomic E-state index is -0.650. The second-order valence-electron chi connectivity index (χ2n) is 3.41. The third-order valence-electron chi connectivity index (χ3n) is 2.22. The fourth-order valence-electron chi connectivity index (χ4n) is 1.37. The molecular weight excluding hydrogens is 232 g/mol. The maximum Gasteiger partial charge on any atom is 0.0993 e. The van der Waals surface area contributed by atoms with Crippen LogP contribution in [0.5, 0.6) is 0 Å². The summed E-state index contributed by atoms with van der Waals surface area (Å²) in [5.74, 6) is 0. The number of aliphatic hydroxyl groups is 1. The van der Waals surface area contributed by atoms with Crippen molar-refractivity contribution in [1.29, 1.82) is 0 Å². The van der Waals surface area contributed by atoms with E-state index in [1.807, 2.05) is 0 Å². The number of methoxy groups -OCH3 is 1. The molecule has 1 N–H and O–H groups in total. The molecule has 5 nitrogen and oxygen atoms in total. The quantitative estimate of drug-likeness (QED) is 0.736. The van der Waals surface area contributed by atoms with Crippen LogP contribution in [-0.4, -0.2) is 41.8 Å². The molecular formula is C10H17ClN2O3. The smallest absolute Gasteiger partial charge is 0.0993 e. The molecule has 1 rings (SSSR count). The summed E-state index contributed by atoms with van der Waals surface area (Å²) in [6.45, 7) is 1.55. The number of hydrogen-bond acceptors (Lipinski definition) is 4. The van der Waals surface area contributed by atoms with Crippen LogP contribution < -0.4 is 0 Å². The molecule has 92 valence electrons. The lowest BCUT2D eigenvalue weighted by molar-refractivity contribution is 0.0459. The Hall–Kier alpha value is -0.620. The molecule has 0 saturated carbocycles. The third kappa shape index (κ3) is 3.75. The van der Waals surface area contributed by atoms with Crippen LogP contribution in [0.3, 0.4) is 0 Å². The maximum atomic E-state index is 9.87. The Bertz CT molecular complexity index is 298. The average molecular weight is 249 g/mol. The summed E-state index contributed by atoms with van der Waals surface area (Å²) in [5, 5.41) is 14.3. The zero-order valence-electron chi connectivity index (χ0n) is 9.52. The Balaban J connectivity index is 2.32. The molecule has 0 saturated heterocycles. The minimum Gasteiger partial charge on any atom is -0.387 e. The van der Waals surface area contributed by atoms with Crippen LogP contribution in [0.4, 0.5) is 0 Å². The molecule has 1 unspecified atom stereocenters. The van der Waals surface area contributed by atoms with Crippen molar-refractivity contribution in [1.82, 2.24) is 9.78 Å². The standard InChI is InChI=1S/C10H17ClN2O3/c1-13-10(8(11)7-12-13)9(14)3-4-16-6-5-15-2/h7,9,14H,3-6H2,1-2H3. The van der Waals surface area contributed by atoms with Crippen molar-refractivity contribution >= 4 is 11.6 Å². The van der Waals surface area contributed by atoms with Gasteiger partial charge in [-0.05, 0) is 0 Å². The van der Waals surface area contributed by atoms with Crippen LogP contribution in [0, 0.1) is 0 Å². The maximum absolute atomic E-state index is 9.87. The van der Waals surface area contributed by atoms with Crippen LogP contribution in [0.2, 0.25) is 5.02 Å². The van der Waals surface area contributed by atoms with Gasteiger partial charge < -0.3 is 14.6 Å². The lowest BCUT2D eigenvalue weighted by atomic mass is 10.2. The van der Waals surface area contributed by atoms with Gasteiger partial charge in [0.15, 0.2) is 0 Å². The zero-order valence-corrected chi connectivity index (χ0v) is 10.3. The molecule has 0 bridgehead atoms. The molecule has 6 heteroatoms. The molecule has 1 aromatic heterocycles. The van der Waals surface area contributed by atoms with Crippen molar-refractivity contribution in [3.05, 3.63) is 16.9 Å². The highest BCUT2D eigenvalue weighted by molar-refractivity contribution is 6.31. The van der Waals surface area contributed by atoms with Crippen molar-refractivity contribution in [2.24, 2.45) is 7.05 Å². The summed E-state index contributed by atoms with van der Waals surface area (Å²) in [6, 6.07) is 0. The first-order valence-electron chi connectivity index (χ1n) is 5.09. The summed E-state index contributed by atoms with van der Waals surface area (Å²) in [6.07, 6.45) is 1.36. The summed E-state index contributed by atoms with van der Waals surface area (Å²) in [7, 11) is 3.36. The molecule has 0 fully saturated rings. The Morgan fingerprint density at radius 2 is 2.25 bits per heavy atom. The molecule has 0 radical (unpaired) electrons. The second kappa shape index (κ2) is 6.85. The number of ether oxygens (including phenoxy) is 2. The Labute approximate surface area is 99.9 Å². The fraction of sp³-hybridized carbons (Fsp3) is 0.700. The van der Waals surface area contributed by atoms with Gasteiger partial charge in [-0.1, -0.05) is 11.6 Å². The summed E-state index contributed by atoms with van der Waals surface area (Å²) in [4.78, 5) is 0. The largest absolute Gasteiger partial charge is 0.387 e. The highest BCUT2D eigenvalue weighted by atomic mass is 35.5. The normalized spacial score (nSPS) is 13.0. The van der Waals surface area contributed by atoms with Crippen molar-refractivity contribution < 1.29 is 14.6 Å². The number of nitrogens with zero attached hydrogens (tertiary/aromatic N) is 2. The van der Waals surface area contributed by atoms with Crippen LogP contribution in [0.15, 0.2) is 6.20 Å². The van der Waals surface area contributed by atoms with E-state index in [-0.39, 0.29) is 0 Å². The number of aryl methyl sites for hydroxylation is 1. The van der Waals surface area contributed by atoms with Gasteiger partial charge >= 0.3 is 0 Å². The van der Waals surface area contributed by atoms with Gasteiger partial charge in [0.2, 0.25) is 0 Å². The van der Waals surface area contributed by atoms with Crippen molar-refractivity contribution in [2.75, 3.05) is 26.9 Å². The average Bonchev–Trinajstić information content (AvgIpc) is 2.58. The lowest BCUT2D eigenvalue weighted by Crippen LogP contribution is -2.10. The van der Waals surface area contributed by atoms with E-state index in [9.17, 15) is 5.11 Å². The van der Waals surface area contributed by atoms with Gasteiger partial charge in [-0.25, -0.2) is 0 Å². The lowest BCUT2D eigenvalue weighted by Gasteiger charge is -2.11. The first-order valence-corrected chi connectivity index (χ1v) is 5.46. The summed E-state index contributed by atoms with van der Waals surface area (Å²) in [5.41, 5.74) is 0.622. The highest BCUT2D eigenvalue weighted by Crippen LogP contribution is 2.23. The predicted molar refractivity (Wildman–Crippen MR) is 60.5 cm³/mol. The molecule has 0 aliphatic carbocycles. The van der Waals surface area contributed by atoms with Gasteiger partial charge in [-0.2, -0.15) is 5.10 Å². The summed E-state index contributed by atoms with van der Waals surface area (Å²) >= 11 is 5.90. The van der Waals surface area contributed by atoms with E-state index in [2.05, 4.69) is 5.10 Å². The first kappa shape index (κ1) is 13.4. The van der Waals surface area contributed by atoms with E-state index in [0.717, 1.165) is 0 Å². The Kier molecular flexibility index (Phi) is 5.76. The number of halogens is 1. The highest BCUT2D eigenvalue weighted by Gasteiger charge is 2.15. The van der Waals surface area contributed by atoms with Gasteiger partial charge in [0.05, 0.1) is 36.2 Å². The first-order chi connectivity index (χ1) is 7.66. The number of aliphatic hydroxyl groups excluding tert-OH is 1. The Morgan fingerprint density at radius 3 is 2.81 bits per heavy atom. The topological polar surface area (TPSA) is 56.5 Å². The molecule has 0 spiro atoms. The minimum absolute atomic E-state index is 0.464. The second-order valence-corrected chi connectivity index (χ2v) is 3.82. The van der Waals surface area contributed by atoms with Gasteiger partial charge in [-0.3, -0.25) is 4.68 Å². The molecule has 0 aromatic carbocycles. The molecule has 16 heavy (non-hydrogen) atoms. The Morgan fingerprint density at radius 1 is 1.50 bits per heavy atom. The van der Waals surface area contributed by atoms with E-state index in [1.165, 1.54) is 6.20 Å². The zero-order chi connectivity index (χ0) is 12.0. The summed E-state index contributed by atoms with van der Waals surface area (Å²) < 4.78 is 11.7. The molecule has 1 atom stereocenters. The molecule has 0 aliphatic heterocycles. The van der Waals surface area contributed by atoms with Crippen LogP contribution in [0.25, 0.3) is 0 Å². The number of hydrogen-bond donors (Lipinski definition) is 1. The van der Waals surface area contributed by atoms with Crippen molar-refractivity contribution in [3.8, 4) is 0 Å². The van der Waals surface area contributed by atoms with Crippen LogP contribution >= 0.6 is 11.6 Å². The molecule has 0 aliphatic rings. The number of aromatic nitrogens is 2. The molecule has 1 aromatic rings. The SMILES string of the molecule is COCCOCCC(O)c1c(Cl)cnn1C. The van der Waals surface area contributed by atoms with Crippen LogP contribution in [0.1, 0.15) is 18.2 Å². The van der Waals surface area contributed by atoms with Crippen molar-refractivity contribution in [3.63, 3.8) is 0 Å². The van der Waals surface area contributed by atoms with E-state index < -0.39 is 6.10 Å². The van der Waals surface area contributed by atoms with Gasteiger partial charge in [0, 0.05) is 27.2 Å². The third-order valence-corrected chi connectivity index (χ3v) is 2.51. The van der Waals surface area contributed by atoms with E-state index in [4.69, 9.17) is 21.1 Å². The van der Waals surface area contributed by atoms with Crippen molar-refractivity contribution in [2.45, 2.75) is 12.5 Å². The van der Waals surface area contributed by atoms with Gasteiger partial charge in [0.25, 0.3) is 0 Å². The van der Waals surface area contributed by atoms with Gasteiger partial charge in [0.1, 0.15) is 0 Å². The predicted octanol–water partition coefficient (Wildman–Crippen LogP) is 1.16. The van der Waals surface area contributed by atoms with E-state index >= 15 is 0 Å². The van der Waals surface area contributed by atoms with E-state index in [1.54, 1.807) is 18.8 Å². The molecule has 1 heterocycles. The van der Waals surface area contributed by atoms with Gasteiger partial charge in [-0.15, -0.1) is 0 Å². The molecule has 0 amide bonds. The monoisotopic (exact) mass is 248 g/mol. The van der Waals surface area contributed by atoms with E-state index in [0.29, 0.717) is 37.0 Å².